The summed E-state index contributed by atoms with van der Waals surface area (Å²) < 4.78 is 17.1. The Morgan fingerprint density at radius 3 is 2.56 bits per heavy atom. The molecule has 27 heavy (non-hydrogen) atoms. The molecule has 6 heteroatoms. The molecule has 1 fully saturated rings. The van der Waals surface area contributed by atoms with Crippen LogP contribution in [-0.2, 0) is 9.53 Å². The minimum Gasteiger partial charge on any atom is -0.490 e. The second-order valence-electron chi connectivity index (χ2n) is 7.11. The van der Waals surface area contributed by atoms with Gasteiger partial charge in [0.25, 0.3) is 0 Å². The molecule has 6 nitrogen and oxygen atoms in total. The SMILES string of the molecule is CCOc1ccccc1OCCCC(=O)N(CCN(C)C)C[C@H]1CCCO1. The van der Waals surface area contributed by atoms with Gasteiger partial charge in [-0.25, -0.2) is 0 Å². The van der Waals surface area contributed by atoms with Crippen LogP contribution in [0.4, 0.5) is 0 Å². The molecular formula is C21H34N2O4. The quantitative estimate of drug-likeness (QED) is 0.524. The standard InChI is InChI=1S/C21H34N2O4/c1-4-25-19-10-5-6-11-20(19)27-16-8-12-21(24)23(14-13-22(2)3)17-18-9-7-15-26-18/h5-6,10-11,18H,4,7-9,12-17H2,1-3H3/t18-/m1/s1. The highest BCUT2D eigenvalue weighted by Gasteiger charge is 2.22. The summed E-state index contributed by atoms with van der Waals surface area (Å²) in [5, 5.41) is 0. The average Bonchev–Trinajstić information content (AvgIpc) is 3.16. The van der Waals surface area contributed by atoms with Crippen LogP contribution in [0.25, 0.3) is 0 Å². The van der Waals surface area contributed by atoms with Crippen LogP contribution in [0.5, 0.6) is 11.5 Å². The van der Waals surface area contributed by atoms with Crippen molar-refractivity contribution in [2.24, 2.45) is 0 Å². The number of carbonyl (C=O) groups is 1. The molecule has 1 heterocycles. The van der Waals surface area contributed by atoms with Gasteiger partial charge in [-0.1, -0.05) is 12.1 Å². The number of para-hydroxylation sites is 2. The minimum atomic E-state index is 0.175. The van der Waals surface area contributed by atoms with Crippen molar-refractivity contribution in [2.45, 2.75) is 38.7 Å². The van der Waals surface area contributed by atoms with E-state index in [-0.39, 0.29) is 12.0 Å². The van der Waals surface area contributed by atoms with Crippen molar-refractivity contribution in [3.05, 3.63) is 24.3 Å². The second kappa shape index (κ2) is 11.8. The third-order valence-corrected chi connectivity index (χ3v) is 4.56. The van der Waals surface area contributed by atoms with Crippen molar-refractivity contribution in [1.29, 1.82) is 0 Å². The number of nitrogens with zero attached hydrogens (tertiary/aromatic N) is 2. The van der Waals surface area contributed by atoms with E-state index < -0.39 is 0 Å². The van der Waals surface area contributed by atoms with Crippen LogP contribution in [0.15, 0.2) is 24.3 Å². The van der Waals surface area contributed by atoms with Crippen molar-refractivity contribution in [3.8, 4) is 11.5 Å². The Morgan fingerprint density at radius 2 is 1.93 bits per heavy atom. The maximum absolute atomic E-state index is 12.7. The van der Waals surface area contributed by atoms with Gasteiger partial charge in [0.05, 0.1) is 19.3 Å². The summed E-state index contributed by atoms with van der Waals surface area (Å²) in [6.45, 7) is 6.15. The first-order valence-electron chi connectivity index (χ1n) is 9.99. The number of rotatable bonds is 12. The fourth-order valence-corrected chi connectivity index (χ4v) is 3.08. The molecule has 0 aliphatic carbocycles. The summed E-state index contributed by atoms with van der Waals surface area (Å²) in [5.74, 6) is 1.65. The van der Waals surface area contributed by atoms with Gasteiger partial charge in [-0.2, -0.15) is 0 Å². The van der Waals surface area contributed by atoms with E-state index in [1.54, 1.807) is 0 Å². The molecule has 1 aliphatic rings. The molecule has 152 valence electrons. The van der Waals surface area contributed by atoms with Gasteiger partial charge in [0, 0.05) is 32.7 Å². The Balaban J connectivity index is 1.78. The van der Waals surface area contributed by atoms with Crippen molar-refractivity contribution in [3.63, 3.8) is 0 Å². The molecule has 2 rings (SSSR count). The third-order valence-electron chi connectivity index (χ3n) is 4.56. The van der Waals surface area contributed by atoms with E-state index >= 15 is 0 Å². The fourth-order valence-electron chi connectivity index (χ4n) is 3.08. The average molecular weight is 379 g/mol. The highest BCUT2D eigenvalue weighted by Crippen LogP contribution is 2.26. The molecule has 1 aromatic carbocycles. The topological polar surface area (TPSA) is 51.2 Å². The zero-order valence-corrected chi connectivity index (χ0v) is 17.0. The Morgan fingerprint density at radius 1 is 1.19 bits per heavy atom. The van der Waals surface area contributed by atoms with Crippen LogP contribution in [0, 0.1) is 0 Å². The first-order chi connectivity index (χ1) is 13.1. The fraction of sp³-hybridized carbons (Fsp3) is 0.667. The smallest absolute Gasteiger partial charge is 0.222 e. The molecule has 1 aromatic rings. The van der Waals surface area contributed by atoms with E-state index in [4.69, 9.17) is 14.2 Å². The van der Waals surface area contributed by atoms with E-state index in [0.717, 1.165) is 44.0 Å². The highest BCUT2D eigenvalue weighted by atomic mass is 16.5. The third kappa shape index (κ3) is 7.77. The summed E-state index contributed by atoms with van der Waals surface area (Å²) >= 11 is 0. The lowest BCUT2D eigenvalue weighted by molar-refractivity contribution is -0.133. The van der Waals surface area contributed by atoms with E-state index in [1.807, 2.05) is 50.2 Å². The lowest BCUT2D eigenvalue weighted by Crippen LogP contribution is -2.41. The van der Waals surface area contributed by atoms with Crippen molar-refractivity contribution >= 4 is 5.91 Å². The van der Waals surface area contributed by atoms with Gasteiger partial charge in [0.2, 0.25) is 5.91 Å². The Bertz CT molecular complexity index is 559. The number of carbonyl (C=O) groups excluding carboxylic acids is 1. The molecule has 0 N–H and O–H groups in total. The first-order valence-corrected chi connectivity index (χ1v) is 9.99. The predicted molar refractivity (Wildman–Crippen MR) is 106 cm³/mol. The Hall–Kier alpha value is -1.79. The largest absolute Gasteiger partial charge is 0.490 e. The molecule has 0 spiro atoms. The van der Waals surface area contributed by atoms with Gasteiger partial charge >= 0.3 is 0 Å². The number of ether oxygens (including phenoxy) is 3. The lowest BCUT2D eigenvalue weighted by Gasteiger charge is -2.27. The molecule has 1 atom stereocenters. The molecule has 0 radical (unpaired) electrons. The number of benzene rings is 1. The zero-order valence-electron chi connectivity index (χ0n) is 17.0. The van der Waals surface area contributed by atoms with E-state index in [9.17, 15) is 4.79 Å². The Kier molecular flexibility index (Phi) is 9.42. The van der Waals surface area contributed by atoms with Crippen molar-refractivity contribution < 1.29 is 19.0 Å². The molecular weight excluding hydrogens is 344 g/mol. The summed E-state index contributed by atoms with van der Waals surface area (Å²) in [5.41, 5.74) is 0. The molecule has 0 unspecified atom stereocenters. The molecule has 0 bridgehead atoms. The minimum absolute atomic E-state index is 0.175. The maximum Gasteiger partial charge on any atom is 0.222 e. The van der Waals surface area contributed by atoms with Gasteiger partial charge < -0.3 is 24.0 Å². The first kappa shape index (κ1) is 21.5. The van der Waals surface area contributed by atoms with Crippen molar-refractivity contribution in [1.82, 2.24) is 9.80 Å². The number of hydrogen-bond acceptors (Lipinski definition) is 5. The maximum atomic E-state index is 12.7. The zero-order chi connectivity index (χ0) is 19.5. The normalized spacial score (nSPS) is 16.5. The van der Waals surface area contributed by atoms with Crippen LogP contribution < -0.4 is 9.47 Å². The van der Waals surface area contributed by atoms with Gasteiger partial charge in [-0.05, 0) is 52.4 Å². The highest BCUT2D eigenvalue weighted by molar-refractivity contribution is 5.76. The summed E-state index contributed by atoms with van der Waals surface area (Å²) in [6, 6.07) is 7.64. The molecule has 1 aliphatic heterocycles. The monoisotopic (exact) mass is 378 g/mol. The molecule has 1 saturated heterocycles. The summed E-state index contributed by atoms with van der Waals surface area (Å²) in [6.07, 6.45) is 3.49. The van der Waals surface area contributed by atoms with Gasteiger partial charge in [-0.15, -0.1) is 0 Å². The number of likely N-dealkylation sites (N-methyl/N-ethyl adjacent to an activating group) is 1. The predicted octanol–water partition coefficient (Wildman–Crippen LogP) is 2.81. The van der Waals surface area contributed by atoms with Gasteiger partial charge in [-0.3, -0.25) is 4.79 Å². The molecule has 0 saturated carbocycles. The van der Waals surface area contributed by atoms with E-state index in [1.165, 1.54) is 0 Å². The van der Waals surface area contributed by atoms with Crippen LogP contribution in [0.3, 0.4) is 0 Å². The Labute approximate surface area is 163 Å². The van der Waals surface area contributed by atoms with Gasteiger partial charge in [0.15, 0.2) is 11.5 Å². The van der Waals surface area contributed by atoms with Gasteiger partial charge in [0.1, 0.15) is 0 Å². The van der Waals surface area contributed by atoms with Crippen LogP contribution in [-0.4, -0.2) is 75.4 Å². The number of hydrogen-bond donors (Lipinski definition) is 0. The van der Waals surface area contributed by atoms with E-state index in [2.05, 4.69) is 4.90 Å². The van der Waals surface area contributed by atoms with Crippen LogP contribution in [0.2, 0.25) is 0 Å². The van der Waals surface area contributed by atoms with Crippen LogP contribution in [0.1, 0.15) is 32.6 Å². The second-order valence-corrected chi connectivity index (χ2v) is 7.11. The van der Waals surface area contributed by atoms with Crippen LogP contribution >= 0.6 is 0 Å². The molecule has 1 amide bonds. The van der Waals surface area contributed by atoms with E-state index in [0.29, 0.717) is 32.6 Å². The van der Waals surface area contributed by atoms with Crippen molar-refractivity contribution in [2.75, 3.05) is 53.6 Å². The summed E-state index contributed by atoms with van der Waals surface area (Å²) in [4.78, 5) is 16.7. The number of amides is 1. The molecule has 0 aromatic heterocycles. The summed E-state index contributed by atoms with van der Waals surface area (Å²) in [7, 11) is 4.05. The lowest BCUT2D eigenvalue weighted by atomic mass is 10.2.